The molecule has 1 aromatic heterocycles. The second-order valence-corrected chi connectivity index (χ2v) is 7.50. The summed E-state index contributed by atoms with van der Waals surface area (Å²) in [6.07, 6.45) is 4.19. The van der Waals surface area contributed by atoms with Gasteiger partial charge in [-0.1, -0.05) is 69.7 Å². The van der Waals surface area contributed by atoms with Gasteiger partial charge in [0.1, 0.15) is 5.82 Å². The van der Waals surface area contributed by atoms with E-state index in [9.17, 15) is 9.90 Å². The van der Waals surface area contributed by atoms with Crippen molar-refractivity contribution in [3.63, 3.8) is 0 Å². The van der Waals surface area contributed by atoms with Crippen LogP contribution in [-0.4, -0.2) is 25.8 Å². The Morgan fingerprint density at radius 2 is 1.83 bits per heavy atom. The van der Waals surface area contributed by atoms with Crippen molar-refractivity contribution in [3.05, 3.63) is 71.3 Å². The molecule has 2 aromatic carbocycles. The number of nitrogens with zero attached hydrogens (tertiary/aromatic N) is 3. The van der Waals surface area contributed by atoms with E-state index in [0.717, 1.165) is 54.0 Å². The minimum atomic E-state index is -0.912. The number of carboxylic acids is 1. The largest absolute Gasteiger partial charge is 0.478 e. The van der Waals surface area contributed by atoms with E-state index < -0.39 is 5.97 Å². The Morgan fingerprint density at radius 1 is 1.10 bits per heavy atom. The van der Waals surface area contributed by atoms with Crippen molar-refractivity contribution in [2.45, 2.75) is 58.9 Å². The van der Waals surface area contributed by atoms with Crippen molar-refractivity contribution in [2.24, 2.45) is 0 Å². The van der Waals surface area contributed by atoms with Gasteiger partial charge in [0.2, 0.25) is 0 Å². The van der Waals surface area contributed by atoms with E-state index in [1.807, 2.05) is 41.1 Å². The summed E-state index contributed by atoms with van der Waals surface area (Å²) >= 11 is 0. The molecule has 0 aliphatic carbocycles. The first kappa shape index (κ1) is 20.8. The van der Waals surface area contributed by atoms with Crippen LogP contribution in [0.1, 0.15) is 73.5 Å². The molecule has 152 valence electrons. The highest BCUT2D eigenvalue weighted by atomic mass is 16.4. The van der Waals surface area contributed by atoms with Crippen LogP contribution in [0.5, 0.6) is 0 Å². The molecule has 1 atom stereocenters. The molecule has 0 fully saturated rings. The van der Waals surface area contributed by atoms with Crippen LogP contribution < -0.4 is 0 Å². The maximum absolute atomic E-state index is 11.5. The zero-order chi connectivity index (χ0) is 20.8. The topological polar surface area (TPSA) is 68.0 Å². The van der Waals surface area contributed by atoms with Gasteiger partial charge in [-0.2, -0.15) is 5.10 Å². The Bertz CT molecular complexity index is 961. The fraction of sp³-hybridized carbons (Fsp3) is 0.375. The second kappa shape index (κ2) is 9.50. The third-order valence-corrected chi connectivity index (χ3v) is 5.33. The van der Waals surface area contributed by atoms with E-state index in [1.165, 1.54) is 0 Å². The summed E-state index contributed by atoms with van der Waals surface area (Å²) in [5.41, 5.74) is 3.07. The Morgan fingerprint density at radius 3 is 2.48 bits per heavy atom. The van der Waals surface area contributed by atoms with Crippen molar-refractivity contribution in [2.75, 3.05) is 0 Å². The van der Waals surface area contributed by atoms with E-state index in [1.54, 1.807) is 12.1 Å². The molecule has 0 bridgehead atoms. The molecule has 29 heavy (non-hydrogen) atoms. The molecule has 5 nitrogen and oxygen atoms in total. The summed E-state index contributed by atoms with van der Waals surface area (Å²) in [7, 11) is 0. The van der Waals surface area contributed by atoms with Gasteiger partial charge in [0.25, 0.3) is 0 Å². The van der Waals surface area contributed by atoms with Crippen molar-refractivity contribution in [1.29, 1.82) is 0 Å². The van der Waals surface area contributed by atoms with Crippen molar-refractivity contribution < 1.29 is 9.90 Å². The average Bonchev–Trinajstić information content (AvgIpc) is 3.14. The van der Waals surface area contributed by atoms with Gasteiger partial charge in [0.15, 0.2) is 5.82 Å². The standard InChI is InChI=1S/C24H29N3O2/c1-4-6-11-22-25-23(17(3)5-2)26-27(22)16-18-12-14-19(15-13-18)20-9-7-8-10-21(20)24(28)29/h7-10,12-15,17H,4-6,11,16H2,1-3H3,(H,28,29). The maximum atomic E-state index is 11.5. The summed E-state index contributed by atoms with van der Waals surface area (Å²) < 4.78 is 2.03. The third-order valence-electron chi connectivity index (χ3n) is 5.33. The Balaban J connectivity index is 1.84. The maximum Gasteiger partial charge on any atom is 0.336 e. The van der Waals surface area contributed by atoms with E-state index in [-0.39, 0.29) is 0 Å². The minimum absolute atomic E-state index is 0.316. The van der Waals surface area contributed by atoms with E-state index in [4.69, 9.17) is 10.1 Å². The van der Waals surface area contributed by atoms with Crippen molar-refractivity contribution in [3.8, 4) is 11.1 Å². The first-order valence-electron chi connectivity index (χ1n) is 10.4. The number of hydrogen-bond acceptors (Lipinski definition) is 3. The number of hydrogen-bond donors (Lipinski definition) is 1. The SMILES string of the molecule is CCCCc1nc(C(C)CC)nn1Cc1ccc(-c2ccccc2C(=O)O)cc1. The Kier molecular flexibility index (Phi) is 6.81. The molecular formula is C24H29N3O2. The van der Waals surface area contributed by atoms with E-state index >= 15 is 0 Å². The van der Waals surface area contributed by atoms with Crippen LogP contribution in [0.15, 0.2) is 48.5 Å². The lowest BCUT2D eigenvalue weighted by molar-refractivity contribution is 0.0697. The number of aromatic carboxylic acids is 1. The minimum Gasteiger partial charge on any atom is -0.478 e. The Hall–Kier alpha value is -2.95. The lowest BCUT2D eigenvalue weighted by atomic mass is 9.99. The lowest BCUT2D eigenvalue weighted by Gasteiger charge is -2.09. The predicted molar refractivity (Wildman–Crippen MR) is 115 cm³/mol. The molecule has 0 spiro atoms. The average molecular weight is 392 g/mol. The Labute approximate surface area is 172 Å². The number of unbranched alkanes of at least 4 members (excludes halogenated alkanes) is 1. The van der Waals surface area contributed by atoms with Gasteiger partial charge in [-0.25, -0.2) is 14.5 Å². The highest BCUT2D eigenvalue weighted by Gasteiger charge is 2.15. The molecule has 1 heterocycles. The quantitative estimate of drug-likeness (QED) is 0.519. The van der Waals surface area contributed by atoms with Crippen LogP contribution in [0.2, 0.25) is 0 Å². The summed E-state index contributed by atoms with van der Waals surface area (Å²) in [6.45, 7) is 7.18. The van der Waals surface area contributed by atoms with Crippen molar-refractivity contribution in [1.82, 2.24) is 14.8 Å². The van der Waals surface area contributed by atoms with E-state index in [0.29, 0.717) is 18.0 Å². The lowest BCUT2D eigenvalue weighted by Crippen LogP contribution is -2.07. The molecule has 1 unspecified atom stereocenters. The van der Waals surface area contributed by atoms with Gasteiger partial charge in [0, 0.05) is 12.3 Å². The van der Waals surface area contributed by atoms with Gasteiger partial charge < -0.3 is 5.11 Å². The van der Waals surface area contributed by atoms with Crippen LogP contribution in [0.25, 0.3) is 11.1 Å². The van der Waals surface area contributed by atoms with Gasteiger partial charge in [0.05, 0.1) is 12.1 Å². The summed E-state index contributed by atoms with van der Waals surface area (Å²) in [5, 5.41) is 14.2. The molecule has 0 saturated heterocycles. The fourth-order valence-electron chi connectivity index (χ4n) is 3.32. The first-order valence-corrected chi connectivity index (χ1v) is 10.4. The molecule has 0 amide bonds. The highest BCUT2D eigenvalue weighted by molar-refractivity contribution is 5.95. The summed E-state index contributed by atoms with van der Waals surface area (Å²) in [6, 6.07) is 15.1. The monoisotopic (exact) mass is 391 g/mol. The molecule has 0 saturated carbocycles. The van der Waals surface area contributed by atoms with E-state index in [2.05, 4.69) is 20.8 Å². The number of rotatable bonds is 9. The van der Waals surface area contributed by atoms with Crippen LogP contribution in [0.4, 0.5) is 0 Å². The molecule has 0 aliphatic rings. The number of carboxylic acid groups (broad SMARTS) is 1. The van der Waals surface area contributed by atoms with Gasteiger partial charge in [-0.15, -0.1) is 0 Å². The number of aryl methyl sites for hydroxylation is 1. The molecule has 0 aliphatic heterocycles. The first-order chi connectivity index (χ1) is 14.0. The zero-order valence-corrected chi connectivity index (χ0v) is 17.4. The predicted octanol–water partition coefficient (Wildman–Crippen LogP) is 5.55. The smallest absolute Gasteiger partial charge is 0.336 e. The summed E-state index contributed by atoms with van der Waals surface area (Å²) in [4.78, 5) is 16.3. The molecule has 5 heteroatoms. The normalized spacial score (nSPS) is 12.1. The molecule has 3 rings (SSSR count). The number of benzene rings is 2. The molecular weight excluding hydrogens is 362 g/mol. The van der Waals surface area contributed by atoms with Crippen LogP contribution in [0.3, 0.4) is 0 Å². The van der Waals surface area contributed by atoms with Gasteiger partial charge >= 0.3 is 5.97 Å². The summed E-state index contributed by atoms with van der Waals surface area (Å²) in [5.74, 6) is 1.41. The highest BCUT2D eigenvalue weighted by Crippen LogP contribution is 2.24. The number of aromatic nitrogens is 3. The fourth-order valence-corrected chi connectivity index (χ4v) is 3.32. The molecule has 3 aromatic rings. The van der Waals surface area contributed by atoms with Gasteiger partial charge in [-0.05, 0) is 35.6 Å². The van der Waals surface area contributed by atoms with Crippen LogP contribution in [-0.2, 0) is 13.0 Å². The molecule has 1 N–H and O–H groups in total. The zero-order valence-electron chi connectivity index (χ0n) is 17.4. The second-order valence-electron chi connectivity index (χ2n) is 7.50. The van der Waals surface area contributed by atoms with Crippen LogP contribution in [0, 0.1) is 0 Å². The molecule has 0 radical (unpaired) electrons. The van der Waals surface area contributed by atoms with Gasteiger partial charge in [-0.3, -0.25) is 0 Å². The third kappa shape index (κ3) is 4.91. The number of carbonyl (C=O) groups is 1. The van der Waals surface area contributed by atoms with Crippen molar-refractivity contribution >= 4 is 5.97 Å². The van der Waals surface area contributed by atoms with Crippen LogP contribution >= 0.6 is 0 Å².